The molecule has 0 heterocycles. The van der Waals surface area contributed by atoms with E-state index in [1.165, 1.54) is 0 Å². The third kappa shape index (κ3) is 19.5. The quantitative estimate of drug-likeness (QED) is 0.191. The molecule has 0 atom stereocenters. The molecule has 0 aromatic rings. The fraction of sp³-hybridized carbons (Fsp3) is 1.00. The summed E-state index contributed by atoms with van der Waals surface area (Å²) in [5.74, 6) is 0. The Morgan fingerprint density at radius 2 is 1.18 bits per heavy atom. The van der Waals surface area contributed by atoms with Crippen LogP contribution in [0.1, 0.15) is 79.1 Å². The van der Waals surface area contributed by atoms with Gasteiger partial charge in [-0.1, -0.05) is 20.3 Å². The molecule has 0 aliphatic heterocycles. The van der Waals surface area contributed by atoms with Crippen LogP contribution in [-0.4, -0.2) is 45.0 Å². The van der Waals surface area contributed by atoms with Crippen LogP contribution in [0.2, 0.25) is 0 Å². The predicted octanol–water partition coefficient (Wildman–Crippen LogP) is 4.15. The highest BCUT2D eigenvalue weighted by Crippen LogP contribution is 2.42. The molecule has 0 radical (unpaired) electrons. The number of unbranched alkanes of at least 4 members (excludes halogenated alkanes) is 2. The Labute approximate surface area is 168 Å². The van der Waals surface area contributed by atoms with E-state index in [9.17, 15) is 9.13 Å². The van der Waals surface area contributed by atoms with E-state index in [4.69, 9.17) is 28.8 Å². The van der Waals surface area contributed by atoms with Crippen LogP contribution >= 0.6 is 15.6 Å². The van der Waals surface area contributed by atoms with Gasteiger partial charge < -0.3 is 24.3 Å². The fourth-order valence-corrected chi connectivity index (χ4v) is 3.99. The minimum Gasteiger partial charge on any atom is -0.381 e. The van der Waals surface area contributed by atoms with Crippen molar-refractivity contribution in [2.24, 2.45) is 5.41 Å². The summed E-state index contributed by atoms with van der Waals surface area (Å²) in [5, 5.41) is 0. The monoisotopic (exact) mass is 448 g/mol. The molecule has 0 aromatic carbocycles. The number of phosphoric acid groups is 2. The molecule has 0 unspecified atom stereocenters. The summed E-state index contributed by atoms with van der Waals surface area (Å²) < 4.78 is 36.3. The molecule has 0 saturated carbocycles. The average molecular weight is 448 g/mol. The average Bonchev–Trinajstić information content (AvgIpc) is 2.46. The van der Waals surface area contributed by atoms with E-state index in [-0.39, 0.29) is 12.0 Å². The van der Waals surface area contributed by atoms with Crippen molar-refractivity contribution in [3.8, 4) is 0 Å². The van der Waals surface area contributed by atoms with Gasteiger partial charge >= 0.3 is 15.6 Å². The second-order valence-electron chi connectivity index (χ2n) is 8.46. The first-order valence-electron chi connectivity index (χ1n) is 9.66. The standard InChI is InChI=1S/C17H38O9P2/c1-16(2,11-9-15-25-27(18,19)20)10-5-7-13-24-14-8-6-12-17(3,4)26-28(21,22)23/h5-15H2,1-4H3,(H2,18,19,20)(H2,21,22,23). The van der Waals surface area contributed by atoms with Crippen LogP contribution in [0.4, 0.5) is 0 Å². The molecular weight excluding hydrogens is 410 g/mol. The largest absolute Gasteiger partial charge is 0.470 e. The Kier molecular flexibility index (Phi) is 12.9. The van der Waals surface area contributed by atoms with Crippen LogP contribution < -0.4 is 0 Å². The lowest BCUT2D eigenvalue weighted by molar-refractivity contribution is 0.0522. The molecule has 0 rings (SSSR count). The van der Waals surface area contributed by atoms with Gasteiger partial charge in [0.1, 0.15) is 0 Å². The van der Waals surface area contributed by atoms with Gasteiger partial charge in [0, 0.05) is 13.2 Å². The van der Waals surface area contributed by atoms with Crippen molar-refractivity contribution in [3.05, 3.63) is 0 Å². The van der Waals surface area contributed by atoms with Crippen LogP contribution in [0.25, 0.3) is 0 Å². The highest BCUT2D eigenvalue weighted by Gasteiger charge is 2.28. The lowest BCUT2D eigenvalue weighted by Crippen LogP contribution is -2.22. The van der Waals surface area contributed by atoms with Gasteiger partial charge in [0.2, 0.25) is 0 Å². The Balaban J connectivity index is 3.65. The van der Waals surface area contributed by atoms with Gasteiger partial charge in [-0.2, -0.15) is 0 Å². The Morgan fingerprint density at radius 1 is 0.679 bits per heavy atom. The molecule has 170 valence electrons. The van der Waals surface area contributed by atoms with Gasteiger partial charge in [-0.3, -0.25) is 9.05 Å². The zero-order valence-corrected chi connectivity index (χ0v) is 19.3. The molecule has 28 heavy (non-hydrogen) atoms. The smallest absolute Gasteiger partial charge is 0.381 e. The number of hydrogen-bond donors (Lipinski definition) is 4. The first-order chi connectivity index (χ1) is 12.6. The summed E-state index contributed by atoms with van der Waals surface area (Å²) in [7, 11) is -8.83. The van der Waals surface area contributed by atoms with Crippen molar-refractivity contribution in [1.29, 1.82) is 0 Å². The molecule has 4 N–H and O–H groups in total. The van der Waals surface area contributed by atoms with Crippen LogP contribution in [0.15, 0.2) is 0 Å². The van der Waals surface area contributed by atoms with Gasteiger partial charge in [0.15, 0.2) is 0 Å². The minimum absolute atomic E-state index is 0.0623. The number of hydrogen-bond acceptors (Lipinski definition) is 5. The normalized spacial score (nSPS) is 13.9. The highest BCUT2D eigenvalue weighted by atomic mass is 31.2. The lowest BCUT2D eigenvalue weighted by Gasteiger charge is -2.25. The zero-order valence-electron chi connectivity index (χ0n) is 17.5. The minimum atomic E-state index is -4.46. The Hall–Kier alpha value is 0.180. The van der Waals surface area contributed by atoms with Gasteiger partial charge in [-0.25, -0.2) is 9.13 Å². The van der Waals surface area contributed by atoms with E-state index < -0.39 is 21.2 Å². The van der Waals surface area contributed by atoms with Gasteiger partial charge in [-0.05, 0) is 64.2 Å². The van der Waals surface area contributed by atoms with E-state index in [0.29, 0.717) is 26.1 Å². The van der Waals surface area contributed by atoms with Crippen LogP contribution in [0.3, 0.4) is 0 Å². The lowest BCUT2D eigenvalue weighted by atomic mass is 9.83. The maximum atomic E-state index is 10.9. The maximum absolute atomic E-state index is 10.9. The van der Waals surface area contributed by atoms with E-state index in [1.807, 2.05) is 0 Å². The van der Waals surface area contributed by atoms with E-state index >= 15 is 0 Å². The Morgan fingerprint density at radius 3 is 1.68 bits per heavy atom. The second kappa shape index (κ2) is 12.8. The fourth-order valence-electron chi connectivity index (χ4n) is 2.89. The molecule has 0 aliphatic carbocycles. The van der Waals surface area contributed by atoms with Gasteiger partial charge in [0.05, 0.1) is 12.2 Å². The van der Waals surface area contributed by atoms with Crippen LogP contribution in [-0.2, 0) is 22.9 Å². The summed E-state index contributed by atoms with van der Waals surface area (Å²) in [6, 6.07) is 0. The summed E-state index contributed by atoms with van der Waals surface area (Å²) in [5.41, 5.74) is -0.774. The summed E-state index contributed by atoms with van der Waals surface area (Å²) in [6.45, 7) is 8.92. The van der Waals surface area contributed by atoms with Crippen molar-refractivity contribution in [2.45, 2.75) is 84.7 Å². The zero-order chi connectivity index (χ0) is 21.9. The highest BCUT2D eigenvalue weighted by molar-refractivity contribution is 7.46. The number of rotatable bonds is 17. The number of ether oxygens (including phenoxy) is 1. The maximum Gasteiger partial charge on any atom is 0.470 e. The van der Waals surface area contributed by atoms with Gasteiger partial charge in [0.25, 0.3) is 0 Å². The van der Waals surface area contributed by atoms with Crippen molar-refractivity contribution >= 4 is 15.6 Å². The summed E-state index contributed by atoms with van der Waals surface area (Å²) in [6.07, 6.45) is 6.50. The molecule has 0 spiro atoms. The third-order valence-corrected chi connectivity index (χ3v) is 5.58. The SMILES string of the molecule is CC(C)(CCCCOCCCCC(C)(C)OP(=O)(O)O)CCCOP(=O)(O)O. The molecule has 0 aliphatic rings. The predicted molar refractivity (Wildman–Crippen MR) is 107 cm³/mol. The topological polar surface area (TPSA) is 143 Å². The van der Waals surface area contributed by atoms with Crippen LogP contribution in [0, 0.1) is 5.41 Å². The van der Waals surface area contributed by atoms with Crippen LogP contribution in [0.5, 0.6) is 0 Å². The van der Waals surface area contributed by atoms with Gasteiger partial charge in [-0.15, -0.1) is 0 Å². The molecule has 0 amide bonds. The molecule has 11 heteroatoms. The Bertz CT molecular complexity index is 511. The van der Waals surface area contributed by atoms with Crippen molar-refractivity contribution < 1.29 is 42.5 Å². The first-order valence-corrected chi connectivity index (χ1v) is 12.7. The van der Waals surface area contributed by atoms with E-state index in [1.54, 1.807) is 13.8 Å². The van der Waals surface area contributed by atoms with E-state index in [0.717, 1.165) is 38.5 Å². The van der Waals surface area contributed by atoms with E-state index in [2.05, 4.69) is 18.4 Å². The summed E-state index contributed by atoms with van der Waals surface area (Å²) in [4.78, 5) is 35.0. The van der Waals surface area contributed by atoms with Crippen molar-refractivity contribution in [3.63, 3.8) is 0 Å². The molecule has 0 bridgehead atoms. The van der Waals surface area contributed by atoms with Crippen molar-refractivity contribution in [2.75, 3.05) is 19.8 Å². The molecular formula is C17H38O9P2. The summed E-state index contributed by atoms with van der Waals surface area (Å²) >= 11 is 0. The number of phosphoric ester groups is 2. The first kappa shape index (κ1) is 28.2. The molecule has 0 saturated heterocycles. The molecule has 9 nitrogen and oxygen atoms in total. The second-order valence-corrected chi connectivity index (χ2v) is 10.9. The molecule has 0 fully saturated rings. The third-order valence-electron chi connectivity index (χ3n) is 4.33. The van der Waals surface area contributed by atoms with Crippen molar-refractivity contribution in [1.82, 2.24) is 0 Å². The molecule has 0 aromatic heterocycles.